The monoisotopic (exact) mass is 482 g/mol. The minimum absolute atomic E-state index is 0.160. The van der Waals surface area contributed by atoms with Crippen LogP contribution in [0.1, 0.15) is 82.3 Å². The van der Waals surface area contributed by atoms with Gasteiger partial charge >= 0.3 is 5.97 Å². The molecule has 0 bridgehead atoms. The van der Waals surface area contributed by atoms with Crippen molar-refractivity contribution in [1.82, 2.24) is 0 Å². The summed E-state index contributed by atoms with van der Waals surface area (Å²) in [4.78, 5) is 12.2. The standard InChI is InChI=1S/C31H48NO3/c1-4-5-6-7-8-9-10-11-13-17-28-20-22-30(23-21-28)34-24-16-25-35-31(33)27-32(2,3)26-29-18-14-12-15-19-29/h12,14-15,18-23H,4-11,13,16-17,24-27H2,1-3H3/q+1. The molecule has 194 valence electrons. The summed E-state index contributed by atoms with van der Waals surface area (Å²) in [7, 11) is 4.10. The van der Waals surface area contributed by atoms with Crippen molar-refractivity contribution >= 4 is 5.97 Å². The van der Waals surface area contributed by atoms with Gasteiger partial charge in [-0.15, -0.1) is 0 Å². The Labute approximate surface area is 214 Å². The molecule has 0 aliphatic heterocycles. The van der Waals surface area contributed by atoms with Gasteiger partial charge in [0.15, 0.2) is 6.54 Å². The first-order chi connectivity index (χ1) is 17.0. The second-order valence-corrected chi connectivity index (χ2v) is 10.4. The molecular weight excluding hydrogens is 434 g/mol. The van der Waals surface area contributed by atoms with Crippen LogP contribution < -0.4 is 4.74 Å². The van der Waals surface area contributed by atoms with E-state index >= 15 is 0 Å². The van der Waals surface area contributed by atoms with E-state index in [1.807, 2.05) is 18.2 Å². The van der Waals surface area contributed by atoms with E-state index in [2.05, 4.69) is 57.4 Å². The largest absolute Gasteiger partial charge is 0.493 e. The summed E-state index contributed by atoms with van der Waals surface area (Å²) in [6.07, 6.45) is 14.1. The summed E-state index contributed by atoms with van der Waals surface area (Å²) in [6.45, 7) is 4.37. The minimum atomic E-state index is -0.160. The van der Waals surface area contributed by atoms with Crippen LogP contribution in [0.2, 0.25) is 0 Å². The van der Waals surface area contributed by atoms with Crippen LogP contribution >= 0.6 is 0 Å². The van der Waals surface area contributed by atoms with E-state index in [9.17, 15) is 4.79 Å². The zero-order chi connectivity index (χ0) is 25.2. The Morgan fingerprint density at radius 2 is 1.34 bits per heavy atom. The van der Waals surface area contributed by atoms with E-state index in [0.29, 0.717) is 30.7 Å². The third-order valence-corrected chi connectivity index (χ3v) is 6.32. The Morgan fingerprint density at radius 3 is 2.00 bits per heavy atom. The molecule has 2 aromatic carbocycles. The molecule has 0 atom stereocenters. The maximum Gasteiger partial charge on any atom is 0.361 e. The van der Waals surface area contributed by atoms with Crippen molar-refractivity contribution in [2.24, 2.45) is 0 Å². The molecule has 0 saturated heterocycles. The number of esters is 1. The lowest BCUT2D eigenvalue weighted by atomic mass is 10.0. The maximum atomic E-state index is 12.2. The van der Waals surface area contributed by atoms with Gasteiger partial charge in [-0.3, -0.25) is 0 Å². The lowest BCUT2D eigenvalue weighted by Gasteiger charge is -2.28. The lowest BCUT2D eigenvalue weighted by molar-refractivity contribution is -0.896. The molecule has 0 unspecified atom stereocenters. The number of ether oxygens (including phenoxy) is 2. The van der Waals surface area contributed by atoms with Gasteiger partial charge < -0.3 is 14.0 Å². The van der Waals surface area contributed by atoms with E-state index in [4.69, 9.17) is 9.47 Å². The van der Waals surface area contributed by atoms with Crippen LogP contribution in [-0.2, 0) is 22.5 Å². The summed E-state index contributed by atoms with van der Waals surface area (Å²) in [5, 5.41) is 0. The average molecular weight is 483 g/mol. The number of benzene rings is 2. The highest BCUT2D eigenvalue weighted by Gasteiger charge is 2.21. The number of carbonyl (C=O) groups excluding carboxylic acids is 1. The van der Waals surface area contributed by atoms with Gasteiger partial charge in [0.2, 0.25) is 0 Å². The predicted octanol–water partition coefficient (Wildman–Crippen LogP) is 7.35. The molecular formula is C31H48NO3+. The zero-order valence-corrected chi connectivity index (χ0v) is 22.5. The molecule has 0 saturated carbocycles. The van der Waals surface area contributed by atoms with Crippen LogP contribution in [0.25, 0.3) is 0 Å². The van der Waals surface area contributed by atoms with Crippen LogP contribution in [-0.4, -0.2) is 44.3 Å². The van der Waals surface area contributed by atoms with Crippen molar-refractivity contribution in [2.75, 3.05) is 33.9 Å². The van der Waals surface area contributed by atoms with E-state index in [1.165, 1.54) is 68.9 Å². The fourth-order valence-corrected chi connectivity index (χ4v) is 4.36. The number of nitrogens with zero attached hydrogens (tertiary/aromatic N) is 1. The number of aryl methyl sites for hydroxylation is 1. The van der Waals surface area contributed by atoms with Crippen LogP contribution in [0.5, 0.6) is 5.75 Å². The second kappa shape index (κ2) is 17.2. The van der Waals surface area contributed by atoms with Gasteiger partial charge in [-0.2, -0.15) is 0 Å². The Morgan fingerprint density at radius 1 is 0.714 bits per heavy atom. The van der Waals surface area contributed by atoms with Gasteiger partial charge in [0.1, 0.15) is 12.3 Å². The number of hydrogen-bond donors (Lipinski definition) is 0. The number of hydrogen-bond acceptors (Lipinski definition) is 3. The summed E-state index contributed by atoms with van der Waals surface area (Å²) in [5.41, 5.74) is 2.60. The van der Waals surface area contributed by atoms with Gasteiger partial charge in [0.05, 0.1) is 27.3 Å². The fraction of sp³-hybridized carbons (Fsp3) is 0.581. The van der Waals surface area contributed by atoms with Gasteiger partial charge in [-0.1, -0.05) is 101 Å². The molecule has 0 radical (unpaired) electrons. The molecule has 2 rings (SSSR count). The zero-order valence-electron chi connectivity index (χ0n) is 22.5. The van der Waals surface area contributed by atoms with Crippen molar-refractivity contribution < 1.29 is 18.8 Å². The number of likely N-dealkylation sites (N-methyl/N-ethyl adjacent to an activating group) is 1. The third-order valence-electron chi connectivity index (χ3n) is 6.32. The number of quaternary nitrogens is 1. The fourth-order valence-electron chi connectivity index (χ4n) is 4.36. The molecule has 0 aliphatic carbocycles. The Hall–Kier alpha value is -2.33. The highest BCUT2D eigenvalue weighted by atomic mass is 16.5. The second-order valence-electron chi connectivity index (χ2n) is 10.4. The van der Waals surface area contributed by atoms with E-state index in [-0.39, 0.29) is 5.97 Å². The van der Waals surface area contributed by atoms with Gasteiger partial charge in [-0.25, -0.2) is 4.79 Å². The molecule has 4 heteroatoms. The molecule has 0 aliphatic rings. The molecule has 0 heterocycles. The van der Waals surface area contributed by atoms with Crippen molar-refractivity contribution in [1.29, 1.82) is 0 Å². The van der Waals surface area contributed by atoms with Gasteiger partial charge in [-0.05, 0) is 30.5 Å². The molecule has 0 spiro atoms. The van der Waals surface area contributed by atoms with Crippen LogP contribution in [0.3, 0.4) is 0 Å². The molecule has 0 aromatic heterocycles. The first-order valence-corrected chi connectivity index (χ1v) is 13.7. The summed E-state index contributed by atoms with van der Waals surface area (Å²) >= 11 is 0. The maximum absolute atomic E-state index is 12.2. The SMILES string of the molecule is CCCCCCCCCCCc1ccc(OCCCOC(=O)C[N+](C)(C)Cc2ccccc2)cc1. The van der Waals surface area contributed by atoms with Crippen molar-refractivity contribution in [3.05, 3.63) is 65.7 Å². The number of rotatable bonds is 19. The van der Waals surface area contributed by atoms with E-state index in [1.54, 1.807) is 0 Å². The molecule has 0 N–H and O–H groups in total. The van der Waals surface area contributed by atoms with Gasteiger partial charge in [0, 0.05) is 12.0 Å². The van der Waals surface area contributed by atoms with E-state index in [0.717, 1.165) is 18.7 Å². The third kappa shape index (κ3) is 14.0. The van der Waals surface area contributed by atoms with Crippen LogP contribution in [0, 0.1) is 0 Å². The normalized spacial score (nSPS) is 11.4. The molecule has 0 fully saturated rings. The van der Waals surface area contributed by atoms with Crippen molar-refractivity contribution in [2.45, 2.75) is 84.1 Å². The smallest absolute Gasteiger partial charge is 0.361 e. The van der Waals surface area contributed by atoms with Crippen LogP contribution in [0.4, 0.5) is 0 Å². The molecule has 0 amide bonds. The van der Waals surface area contributed by atoms with Crippen LogP contribution in [0.15, 0.2) is 54.6 Å². The number of carbonyl (C=O) groups is 1. The topological polar surface area (TPSA) is 35.5 Å². The number of unbranched alkanes of at least 4 members (excludes halogenated alkanes) is 8. The highest BCUT2D eigenvalue weighted by Crippen LogP contribution is 2.16. The average Bonchev–Trinajstić information content (AvgIpc) is 2.83. The minimum Gasteiger partial charge on any atom is -0.493 e. The lowest BCUT2D eigenvalue weighted by Crippen LogP contribution is -2.43. The van der Waals surface area contributed by atoms with Gasteiger partial charge in [0.25, 0.3) is 0 Å². The summed E-state index contributed by atoms with van der Waals surface area (Å²) in [5.74, 6) is 0.722. The Bertz CT molecular complexity index is 802. The Balaban J connectivity index is 1.50. The summed E-state index contributed by atoms with van der Waals surface area (Å²) in [6, 6.07) is 18.7. The summed E-state index contributed by atoms with van der Waals surface area (Å²) < 4.78 is 11.8. The molecule has 35 heavy (non-hydrogen) atoms. The highest BCUT2D eigenvalue weighted by molar-refractivity contribution is 5.70. The first kappa shape index (κ1) is 28.9. The predicted molar refractivity (Wildman–Crippen MR) is 146 cm³/mol. The molecule has 4 nitrogen and oxygen atoms in total. The van der Waals surface area contributed by atoms with E-state index < -0.39 is 0 Å². The quantitative estimate of drug-likeness (QED) is 0.119. The first-order valence-electron chi connectivity index (χ1n) is 13.7. The van der Waals surface area contributed by atoms with Crippen molar-refractivity contribution in [3.8, 4) is 5.75 Å². The van der Waals surface area contributed by atoms with Crippen molar-refractivity contribution in [3.63, 3.8) is 0 Å². The molecule has 2 aromatic rings. The Kier molecular flexibility index (Phi) is 14.2.